The molecule has 0 aliphatic rings. The van der Waals surface area contributed by atoms with Crippen LogP contribution in [0.1, 0.15) is 31.3 Å². The highest BCUT2D eigenvalue weighted by Crippen LogP contribution is 2.40. The van der Waals surface area contributed by atoms with Gasteiger partial charge in [-0.2, -0.15) is 13.2 Å². The first-order valence-electron chi connectivity index (χ1n) is 14.1. The average Bonchev–Trinajstić information content (AvgIpc) is 3.31. The number of anilines is 4. The van der Waals surface area contributed by atoms with Gasteiger partial charge in [-0.1, -0.05) is 6.58 Å². The minimum Gasteiger partial charge on any atom is -0.494 e. The lowest BCUT2D eigenvalue weighted by molar-refractivity contribution is -0.137. The SMILES string of the molecule is C=CC(=O)Nc1cc(Nc2ncc(C(F)(F)F)c(-c3cc(F)c4nc(C)n(C(C)C)c4c3)n2)c(OC)cc1N(C)CCN(C)C. The zero-order valence-electron chi connectivity index (χ0n) is 26.2. The largest absolute Gasteiger partial charge is 0.494 e. The van der Waals surface area contributed by atoms with Crippen LogP contribution < -0.4 is 20.3 Å². The number of ether oxygens (including phenoxy) is 1. The van der Waals surface area contributed by atoms with Crippen LogP contribution in [-0.4, -0.2) is 71.7 Å². The number of imidazole rings is 1. The van der Waals surface area contributed by atoms with Gasteiger partial charge in [-0.15, -0.1) is 0 Å². The van der Waals surface area contributed by atoms with Crippen LogP contribution in [0, 0.1) is 12.7 Å². The Labute approximate surface area is 258 Å². The Hall–Kier alpha value is -4.72. The van der Waals surface area contributed by atoms with E-state index < -0.39 is 29.2 Å². The van der Waals surface area contributed by atoms with Gasteiger partial charge >= 0.3 is 6.18 Å². The molecule has 10 nitrogen and oxygen atoms in total. The van der Waals surface area contributed by atoms with Crippen LogP contribution in [0.3, 0.4) is 0 Å². The molecule has 2 aromatic carbocycles. The third kappa shape index (κ3) is 7.17. The highest BCUT2D eigenvalue weighted by atomic mass is 19.4. The first-order chi connectivity index (χ1) is 21.1. The second kappa shape index (κ2) is 13.1. The fraction of sp³-hybridized carbons (Fsp3) is 0.355. The Bertz CT molecular complexity index is 1730. The molecule has 0 aliphatic heterocycles. The Morgan fingerprint density at radius 3 is 2.42 bits per heavy atom. The highest BCUT2D eigenvalue weighted by Gasteiger charge is 2.36. The number of benzene rings is 2. The topological polar surface area (TPSA) is 100 Å². The van der Waals surface area contributed by atoms with Gasteiger partial charge in [-0.25, -0.2) is 19.3 Å². The number of nitrogens with one attached hydrogen (secondary N) is 2. The van der Waals surface area contributed by atoms with E-state index in [-0.39, 0.29) is 28.8 Å². The molecule has 0 atom stereocenters. The van der Waals surface area contributed by atoms with Crippen molar-refractivity contribution in [3.8, 4) is 17.0 Å². The van der Waals surface area contributed by atoms with Gasteiger partial charge in [0.2, 0.25) is 11.9 Å². The van der Waals surface area contributed by atoms with E-state index in [1.807, 2.05) is 44.8 Å². The van der Waals surface area contributed by atoms with Crippen LogP contribution in [0.25, 0.3) is 22.3 Å². The number of alkyl halides is 3. The van der Waals surface area contributed by atoms with Gasteiger partial charge in [0.25, 0.3) is 0 Å². The van der Waals surface area contributed by atoms with Gasteiger partial charge in [-0.3, -0.25) is 4.79 Å². The summed E-state index contributed by atoms with van der Waals surface area (Å²) in [6.07, 6.45) is -3.06. The number of likely N-dealkylation sites (N-methyl/N-ethyl adjacent to an activating group) is 2. The molecule has 0 bridgehead atoms. The molecule has 0 fully saturated rings. The monoisotopic (exact) mass is 628 g/mol. The minimum absolute atomic E-state index is 0.0559. The molecule has 45 heavy (non-hydrogen) atoms. The summed E-state index contributed by atoms with van der Waals surface area (Å²) in [5.74, 6) is -0.606. The van der Waals surface area contributed by atoms with Crippen LogP contribution >= 0.6 is 0 Å². The maximum Gasteiger partial charge on any atom is 0.419 e. The number of rotatable bonds is 11. The zero-order valence-corrected chi connectivity index (χ0v) is 26.2. The van der Waals surface area contributed by atoms with Crippen LogP contribution in [0.15, 0.2) is 43.1 Å². The number of aromatic nitrogens is 4. The predicted octanol–water partition coefficient (Wildman–Crippen LogP) is 6.42. The van der Waals surface area contributed by atoms with Gasteiger partial charge in [-0.05, 0) is 59.1 Å². The normalized spacial score (nSPS) is 11.8. The van der Waals surface area contributed by atoms with Crippen molar-refractivity contribution in [3.63, 3.8) is 0 Å². The second-order valence-electron chi connectivity index (χ2n) is 11.0. The van der Waals surface area contributed by atoms with Crippen LogP contribution in [0.2, 0.25) is 0 Å². The highest BCUT2D eigenvalue weighted by molar-refractivity contribution is 6.02. The lowest BCUT2D eigenvalue weighted by atomic mass is 10.1. The summed E-state index contributed by atoms with van der Waals surface area (Å²) < 4.78 is 65.2. The molecular formula is C31H36F4N8O2. The number of aryl methyl sites for hydroxylation is 1. The van der Waals surface area contributed by atoms with Crippen molar-refractivity contribution in [2.75, 3.05) is 56.9 Å². The summed E-state index contributed by atoms with van der Waals surface area (Å²) in [5, 5.41) is 5.68. The summed E-state index contributed by atoms with van der Waals surface area (Å²) in [5.41, 5.74) is -0.0639. The molecule has 0 aliphatic carbocycles. The summed E-state index contributed by atoms with van der Waals surface area (Å²) in [6, 6.07) is 5.56. The van der Waals surface area contributed by atoms with Gasteiger partial charge in [0.05, 0.1) is 35.4 Å². The maximum atomic E-state index is 15.3. The van der Waals surface area contributed by atoms with Crippen LogP contribution in [0.4, 0.5) is 40.6 Å². The van der Waals surface area contributed by atoms with Crippen molar-refractivity contribution in [1.82, 2.24) is 24.4 Å². The van der Waals surface area contributed by atoms with Gasteiger partial charge < -0.3 is 29.7 Å². The number of amides is 1. The molecule has 0 saturated heterocycles. The first kappa shape index (κ1) is 33.2. The smallest absolute Gasteiger partial charge is 0.419 e. The molecule has 2 heterocycles. The third-order valence-corrected chi connectivity index (χ3v) is 7.11. The number of hydrogen-bond acceptors (Lipinski definition) is 8. The number of carbonyl (C=O) groups is 1. The molecule has 0 unspecified atom stereocenters. The first-order valence-corrected chi connectivity index (χ1v) is 14.1. The molecular weight excluding hydrogens is 592 g/mol. The number of fused-ring (bicyclic) bond motifs is 1. The van der Waals surface area contributed by atoms with E-state index in [9.17, 15) is 18.0 Å². The molecule has 4 rings (SSSR count). The predicted molar refractivity (Wildman–Crippen MR) is 168 cm³/mol. The van der Waals surface area contributed by atoms with Crippen molar-refractivity contribution in [2.45, 2.75) is 33.0 Å². The van der Waals surface area contributed by atoms with E-state index in [0.29, 0.717) is 41.2 Å². The molecule has 0 spiro atoms. The Morgan fingerprint density at radius 2 is 1.82 bits per heavy atom. The lowest BCUT2D eigenvalue weighted by Crippen LogP contribution is -2.29. The van der Waals surface area contributed by atoms with E-state index >= 15 is 4.39 Å². The standard InChI is InChI=1S/C31H36F4N8O2/c1-9-27(44)38-22-14-23(26(45-8)15-24(22)42(7)11-10-41(5)6)39-30-36-16-20(31(33,34)35)28(40-30)19-12-21(32)29-25(13-19)43(17(2)3)18(4)37-29/h9,12-17H,1,10-11H2,2-8H3,(H,38,44)(H,36,39,40). The molecule has 0 radical (unpaired) electrons. The molecule has 240 valence electrons. The van der Waals surface area contributed by atoms with Crippen molar-refractivity contribution >= 4 is 40.0 Å². The third-order valence-electron chi connectivity index (χ3n) is 7.11. The summed E-state index contributed by atoms with van der Waals surface area (Å²) in [7, 11) is 7.16. The number of nitrogens with zero attached hydrogens (tertiary/aromatic N) is 6. The number of carbonyl (C=O) groups excluding carboxylic acids is 1. The van der Waals surface area contributed by atoms with E-state index in [4.69, 9.17) is 4.74 Å². The van der Waals surface area contributed by atoms with E-state index in [1.165, 1.54) is 13.2 Å². The summed E-state index contributed by atoms with van der Waals surface area (Å²) in [4.78, 5) is 28.6. The molecule has 0 saturated carbocycles. The number of hydrogen-bond donors (Lipinski definition) is 2. The number of halogens is 4. The average molecular weight is 629 g/mol. The molecule has 1 amide bonds. The molecule has 2 aromatic heterocycles. The van der Waals surface area contributed by atoms with Crippen molar-refractivity contribution < 1.29 is 27.1 Å². The fourth-order valence-corrected chi connectivity index (χ4v) is 4.95. The van der Waals surface area contributed by atoms with Crippen LogP contribution in [0.5, 0.6) is 5.75 Å². The van der Waals surface area contributed by atoms with E-state index in [1.54, 1.807) is 23.6 Å². The van der Waals surface area contributed by atoms with Gasteiger partial charge in [0.15, 0.2) is 5.82 Å². The van der Waals surface area contributed by atoms with Crippen LogP contribution in [-0.2, 0) is 11.0 Å². The fourth-order valence-electron chi connectivity index (χ4n) is 4.95. The minimum atomic E-state index is -4.83. The van der Waals surface area contributed by atoms with Crippen molar-refractivity contribution in [2.24, 2.45) is 0 Å². The summed E-state index contributed by atoms with van der Waals surface area (Å²) >= 11 is 0. The lowest BCUT2D eigenvalue weighted by Gasteiger charge is -2.26. The van der Waals surface area contributed by atoms with Gasteiger partial charge in [0.1, 0.15) is 22.7 Å². The summed E-state index contributed by atoms with van der Waals surface area (Å²) in [6.45, 7) is 10.3. The molecule has 14 heteroatoms. The zero-order chi connectivity index (χ0) is 33.2. The Kier molecular flexibility index (Phi) is 9.66. The number of methoxy groups -OCH3 is 1. The Balaban J connectivity index is 1.85. The van der Waals surface area contributed by atoms with Gasteiger partial charge in [0, 0.05) is 44.0 Å². The molecule has 4 aromatic rings. The van der Waals surface area contributed by atoms with E-state index in [0.717, 1.165) is 18.7 Å². The van der Waals surface area contributed by atoms with Crippen molar-refractivity contribution in [1.29, 1.82) is 0 Å². The van der Waals surface area contributed by atoms with Crippen molar-refractivity contribution in [3.05, 3.63) is 60.3 Å². The second-order valence-corrected chi connectivity index (χ2v) is 11.0. The maximum absolute atomic E-state index is 15.3. The quantitative estimate of drug-likeness (QED) is 0.145. The van der Waals surface area contributed by atoms with E-state index in [2.05, 4.69) is 32.2 Å². The molecule has 2 N–H and O–H groups in total. The Morgan fingerprint density at radius 1 is 1.11 bits per heavy atom.